The van der Waals surface area contributed by atoms with E-state index >= 15 is 0 Å². The van der Waals surface area contributed by atoms with E-state index < -0.39 is 5.41 Å². The van der Waals surface area contributed by atoms with E-state index in [2.05, 4.69) is 53.4 Å². The zero-order valence-corrected chi connectivity index (χ0v) is 17.3. The molecule has 1 aliphatic heterocycles. The largest absolute Gasteiger partial charge is 0.493 e. The van der Waals surface area contributed by atoms with Crippen molar-refractivity contribution in [3.05, 3.63) is 59.7 Å². The van der Waals surface area contributed by atoms with Gasteiger partial charge in [0.1, 0.15) is 0 Å². The molecule has 4 rings (SSSR count). The molecular formula is C25H30N2O2. The van der Waals surface area contributed by atoms with Crippen molar-refractivity contribution in [1.29, 1.82) is 5.26 Å². The van der Waals surface area contributed by atoms with Crippen molar-refractivity contribution < 1.29 is 9.47 Å². The fourth-order valence-corrected chi connectivity index (χ4v) is 4.65. The van der Waals surface area contributed by atoms with Crippen molar-refractivity contribution in [3.8, 4) is 17.6 Å². The van der Waals surface area contributed by atoms with E-state index in [9.17, 15) is 5.26 Å². The van der Waals surface area contributed by atoms with Crippen molar-refractivity contribution in [2.75, 3.05) is 20.2 Å². The minimum Gasteiger partial charge on any atom is -0.493 e. The molecule has 0 unspecified atom stereocenters. The van der Waals surface area contributed by atoms with Gasteiger partial charge in [0.15, 0.2) is 11.5 Å². The molecule has 0 aromatic heterocycles. The van der Waals surface area contributed by atoms with E-state index in [0.29, 0.717) is 0 Å². The lowest BCUT2D eigenvalue weighted by Crippen LogP contribution is -2.41. The molecule has 1 heterocycles. The fourth-order valence-electron chi connectivity index (χ4n) is 4.65. The maximum Gasteiger partial charge on any atom is 0.161 e. The Morgan fingerprint density at radius 2 is 1.76 bits per heavy atom. The van der Waals surface area contributed by atoms with Gasteiger partial charge in [0.05, 0.1) is 24.7 Å². The number of rotatable bonds is 6. The van der Waals surface area contributed by atoms with Gasteiger partial charge in [-0.1, -0.05) is 36.4 Å². The molecule has 4 nitrogen and oxygen atoms in total. The number of piperidine rings is 1. The summed E-state index contributed by atoms with van der Waals surface area (Å²) in [5.41, 5.74) is 1.94. The molecule has 0 radical (unpaired) electrons. The van der Waals surface area contributed by atoms with Gasteiger partial charge in [0.25, 0.3) is 0 Å². The molecule has 2 aromatic carbocycles. The Balaban J connectivity index is 1.49. The van der Waals surface area contributed by atoms with E-state index in [1.54, 1.807) is 7.11 Å². The lowest BCUT2D eigenvalue weighted by atomic mass is 9.74. The summed E-state index contributed by atoms with van der Waals surface area (Å²) in [6.45, 7) is 2.79. The normalized spacial score (nSPS) is 19.6. The second-order valence-corrected chi connectivity index (χ2v) is 8.35. The molecule has 1 saturated heterocycles. The molecule has 0 N–H and O–H groups in total. The van der Waals surface area contributed by atoms with Crippen LogP contribution in [0.3, 0.4) is 0 Å². The summed E-state index contributed by atoms with van der Waals surface area (Å²) >= 11 is 0. The molecule has 2 aliphatic rings. The second kappa shape index (κ2) is 8.88. The van der Waals surface area contributed by atoms with Crippen LogP contribution in [0.2, 0.25) is 0 Å². The van der Waals surface area contributed by atoms with Gasteiger partial charge in [-0.3, -0.25) is 4.90 Å². The molecule has 0 atom stereocenters. The molecule has 2 fully saturated rings. The maximum atomic E-state index is 10.1. The highest BCUT2D eigenvalue weighted by Crippen LogP contribution is 2.40. The van der Waals surface area contributed by atoms with Gasteiger partial charge < -0.3 is 9.47 Å². The number of benzene rings is 2. The van der Waals surface area contributed by atoms with Crippen LogP contribution < -0.4 is 9.47 Å². The summed E-state index contributed by atoms with van der Waals surface area (Å²) < 4.78 is 11.8. The van der Waals surface area contributed by atoms with Crippen molar-refractivity contribution in [3.63, 3.8) is 0 Å². The van der Waals surface area contributed by atoms with Crippen LogP contribution in [0, 0.1) is 11.3 Å². The van der Waals surface area contributed by atoms with Gasteiger partial charge >= 0.3 is 0 Å². The molecule has 1 aliphatic carbocycles. The number of nitriles is 1. The van der Waals surface area contributed by atoms with E-state index in [1.807, 2.05) is 6.07 Å². The molecule has 0 amide bonds. The maximum absolute atomic E-state index is 10.1. The Morgan fingerprint density at radius 1 is 1.03 bits per heavy atom. The van der Waals surface area contributed by atoms with Crippen LogP contribution in [0.1, 0.15) is 49.7 Å². The van der Waals surface area contributed by atoms with Gasteiger partial charge in [-0.2, -0.15) is 5.26 Å². The topological polar surface area (TPSA) is 45.5 Å². The van der Waals surface area contributed by atoms with Crippen LogP contribution in [-0.4, -0.2) is 31.2 Å². The van der Waals surface area contributed by atoms with E-state index in [-0.39, 0.29) is 6.10 Å². The fraction of sp³-hybridized carbons (Fsp3) is 0.480. The van der Waals surface area contributed by atoms with Crippen LogP contribution in [0.15, 0.2) is 48.5 Å². The van der Waals surface area contributed by atoms with Gasteiger partial charge in [0.2, 0.25) is 0 Å². The summed E-state index contributed by atoms with van der Waals surface area (Å²) in [5.74, 6) is 1.55. The molecule has 29 heavy (non-hydrogen) atoms. The van der Waals surface area contributed by atoms with Crippen LogP contribution in [0.4, 0.5) is 0 Å². The zero-order chi connectivity index (χ0) is 20.1. The second-order valence-electron chi connectivity index (χ2n) is 8.35. The van der Waals surface area contributed by atoms with Crippen molar-refractivity contribution >= 4 is 0 Å². The smallest absolute Gasteiger partial charge is 0.161 e. The predicted molar refractivity (Wildman–Crippen MR) is 114 cm³/mol. The standard InChI is InChI=1S/C25H30N2O2/c1-28-23-12-11-21(17-24(23)29-22-9-5-6-10-22)25(19-26)13-15-27(16-14-25)18-20-7-3-2-4-8-20/h2-4,7-8,11-12,17,22H,5-6,9-10,13-16,18H2,1H3. The summed E-state index contributed by atoms with van der Waals surface area (Å²) in [6.07, 6.45) is 6.61. The van der Waals surface area contributed by atoms with Crippen LogP contribution in [-0.2, 0) is 12.0 Å². The Kier molecular flexibility index (Phi) is 6.06. The van der Waals surface area contributed by atoms with Gasteiger partial charge in [-0.15, -0.1) is 0 Å². The summed E-state index contributed by atoms with van der Waals surface area (Å²) in [4.78, 5) is 2.45. The van der Waals surface area contributed by atoms with Crippen LogP contribution >= 0.6 is 0 Å². The highest BCUT2D eigenvalue weighted by molar-refractivity contribution is 5.47. The first-order chi connectivity index (χ1) is 14.2. The number of nitrogens with zero attached hydrogens (tertiary/aromatic N) is 2. The molecule has 0 bridgehead atoms. The van der Waals surface area contributed by atoms with E-state index in [1.165, 1.54) is 18.4 Å². The van der Waals surface area contributed by atoms with Gasteiger partial charge in [-0.25, -0.2) is 0 Å². The Morgan fingerprint density at radius 3 is 2.41 bits per heavy atom. The molecule has 152 valence electrons. The molecular weight excluding hydrogens is 360 g/mol. The minimum atomic E-state index is -0.451. The number of likely N-dealkylation sites (tertiary alicyclic amines) is 1. The third-order valence-electron chi connectivity index (χ3n) is 6.48. The van der Waals surface area contributed by atoms with E-state index in [0.717, 1.165) is 62.4 Å². The summed E-state index contributed by atoms with van der Waals surface area (Å²) in [5, 5.41) is 10.1. The van der Waals surface area contributed by atoms with Crippen molar-refractivity contribution in [2.24, 2.45) is 0 Å². The summed E-state index contributed by atoms with van der Waals surface area (Å²) in [6, 6.07) is 19.3. The monoisotopic (exact) mass is 390 g/mol. The van der Waals surface area contributed by atoms with Crippen LogP contribution in [0.25, 0.3) is 0 Å². The minimum absolute atomic E-state index is 0.268. The third kappa shape index (κ3) is 4.41. The van der Waals surface area contributed by atoms with Crippen molar-refractivity contribution in [2.45, 2.75) is 56.6 Å². The number of hydrogen-bond acceptors (Lipinski definition) is 4. The van der Waals surface area contributed by atoms with Gasteiger partial charge in [-0.05, 0) is 61.8 Å². The first-order valence-electron chi connectivity index (χ1n) is 10.8. The zero-order valence-electron chi connectivity index (χ0n) is 17.3. The Labute approximate surface area is 174 Å². The highest BCUT2D eigenvalue weighted by Gasteiger charge is 2.37. The quantitative estimate of drug-likeness (QED) is 0.690. The number of hydrogen-bond donors (Lipinski definition) is 0. The molecule has 1 saturated carbocycles. The van der Waals surface area contributed by atoms with Crippen molar-refractivity contribution in [1.82, 2.24) is 4.90 Å². The molecule has 4 heteroatoms. The average molecular weight is 391 g/mol. The Hall–Kier alpha value is -2.51. The number of methoxy groups -OCH3 is 1. The number of ether oxygens (including phenoxy) is 2. The lowest BCUT2D eigenvalue weighted by molar-refractivity contribution is 0.177. The average Bonchev–Trinajstić information content (AvgIpc) is 3.28. The first-order valence-corrected chi connectivity index (χ1v) is 10.8. The third-order valence-corrected chi connectivity index (χ3v) is 6.48. The molecule has 0 spiro atoms. The SMILES string of the molecule is COc1ccc(C2(C#N)CCN(Cc3ccccc3)CC2)cc1OC1CCCC1. The Bertz CT molecular complexity index is 845. The first kappa shape index (κ1) is 19.8. The summed E-state index contributed by atoms with van der Waals surface area (Å²) in [7, 11) is 1.68. The van der Waals surface area contributed by atoms with Crippen LogP contribution in [0.5, 0.6) is 11.5 Å². The highest BCUT2D eigenvalue weighted by atomic mass is 16.5. The van der Waals surface area contributed by atoms with E-state index in [4.69, 9.17) is 9.47 Å². The lowest BCUT2D eigenvalue weighted by Gasteiger charge is -2.38. The van der Waals surface area contributed by atoms with Gasteiger partial charge in [0, 0.05) is 19.6 Å². The predicted octanol–water partition coefficient (Wildman–Crippen LogP) is 5.07. The molecule has 2 aromatic rings.